The third-order valence-corrected chi connectivity index (χ3v) is 2.06. The van der Waals surface area contributed by atoms with E-state index in [4.69, 9.17) is 0 Å². The van der Waals surface area contributed by atoms with Gasteiger partial charge in [0.25, 0.3) is 0 Å². The van der Waals surface area contributed by atoms with Gasteiger partial charge in [-0.2, -0.15) is 0 Å². The fourth-order valence-corrected chi connectivity index (χ4v) is 1.21. The molecule has 2 N–H and O–H groups in total. The molecule has 12 heavy (non-hydrogen) atoms. The van der Waals surface area contributed by atoms with Gasteiger partial charge in [0, 0.05) is 0 Å². The zero-order valence-electron chi connectivity index (χ0n) is 7.60. The Balaban J connectivity index is 2.77. The molecule has 0 bridgehead atoms. The van der Waals surface area contributed by atoms with Crippen LogP contribution in [0.5, 0.6) is 0 Å². The van der Waals surface area contributed by atoms with Gasteiger partial charge in [0.15, 0.2) is 0 Å². The predicted octanol–water partition coefficient (Wildman–Crippen LogP) is -0.210. The van der Waals surface area contributed by atoms with E-state index in [2.05, 4.69) is 10.6 Å². The molecule has 0 saturated carbocycles. The van der Waals surface area contributed by atoms with Gasteiger partial charge in [0.1, 0.15) is 0 Å². The van der Waals surface area contributed by atoms with Gasteiger partial charge < -0.3 is 0 Å². The van der Waals surface area contributed by atoms with Crippen LogP contribution in [0.2, 0.25) is 0 Å². The third-order valence-electron chi connectivity index (χ3n) is 2.06. The molecule has 0 aromatic carbocycles. The van der Waals surface area contributed by atoms with E-state index >= 15 is 0 Å². The summed E-state index contributed by atoms with van der Waals surface area (Å²) in [7, 11) is 0. The van der Waals surface area contributed by atoms with Crippen molar-refractivity contribution in [3.8, 4) is 0 Å². The van der Waals surface area contributed by atoms with Crippen LogP contribution in [-0.2, 0) is 9.59 Å². The van der Waals surface area contributed by atoms with Gasteiger partial charge in [-0.25, -0.2) is 0 Å². The summed E-state index contributed by atoms with van der Waals surface area (Å²) in [5, 5.41) is 5.31. The zero-order chi connectivity index (χ0) is 9.35. The lowest BCUT2D eigenvalue weighted by molar-refractivity contribution is -0.139. The highest BCUT2D eigenvalue weighted by molar-refractivity contribution is 6.04. The van der Waals surface area contributed by atoms with Crippen LogP contribution in [0.3, 0.4) is 0 Å². The van der Waals surface area contributed by atoms with Crippen molar-refractivity contribution in [2.75, 3.05) is 0 Å². The number of amides is 2. The van der Waals surface area contributed by atoms with E-state index in [9.17, 15) is 9.59 Å². The third kappa shape index (κ3) is 1.48. The maximum atomic E-state index is 11.2. The van der Waals surface area contributed by atoms with E-state index in [1.54, 1.807) is 13.8 Å². The molecule has 68 valence electrons. The van der Waals surface area contributed by atoms with Crippen molar-refractivity contribution in [2.45, 2.75) is 38.8 Å². The second-order valence-electron chi connectivity index (χ2n) is 3.55. The van der Waals surface area contributed by atoms with Crippen molar-refractivity contribution in [2.24, 2.45) is 0 Å². The minimum atomic E-state index is -0.630. The summed E-state index contributed by atoms with van der Waals surface area (Å²) in [4.78, 5) is 22.3. The lowest BCUT2D eigenvalue weighted by Gasteiger charge is -2.34. The van der Waals surface area contributed by atoms with Crippen LogP contribution in [0.1, 0.15) is 27.2 Å². The van der Waals surface area contributed by atoms with Gasteiger partial charge in [0.2, 0.25) is 11.8 Å². The van der Waals surface area contributed by atoms with E-state index in [0.29, 0.717) is 6.42 Å². The largest absolute Gasteiger partial charge is 0.293 e. The van der Waals surface area contributed by atoms with E-state index in [1.807, 2.05) is 6.92 Å². The monoisotopic (exact) mass is 170 g/mol. The standard InChI is InChI=1S/C8H14N2O2/c1-4-5-6(11)9-7(12)8(2,3)10-5/h5,10H,4H2,1-3H3,(H,9,11,12)/t5-/m0/s1. The van der Waals surface area contributed by atoms with Crippen LogP contribution in [0.25, 0.3) is 0 Å². The van der Waals surface area contributed by atoms with Crippen LogP contribution in [0, 0.1) is 0 Å². The van der Waals surface area contributed by atoms with Gasteiger partial charge in [0.05, 0.1) is 11.6 Å². The summed E-state index contributed by atoms with van der Waals surface area (Å²) >= 11 is 0. The van der Waals surface area contributed by atoms with Gasteiger partial charge in [-0.1, -0.05) is 6.92 Å². The Bertz CT molecular complexity index is 223. The lowest BCUT2D eigenvalue weighted by atomic mass is 9.98. The predicted molar refractivity (Wildman–Crippen MR) is 44.4 cm³/mol. The fraction of sp³-hybridized carbons (Fsp3) is 0.750. The quantitative estimate of drug-likeness (QED) is 0.535. The minimum absolute atomic E-state index is 0.221. The SMILES string of the molecule is CC[C@@H]1NC(C)(C)C(=O)NC1=O. The van der Waals surface area contributed by atoms with Gasteiger partial charge in [-0.05, 0) is 20.3 Å². The number of carbonyl (C=O) groups excluding carboxylic acids is 2. The number of hydrogen-bond acceptors (Lipinski definition) is 3. The number of carbonyl (C=O) groups is 2. The first-order valence-corrected chi connectivity index (χ1v) is 4.10. The van der Waals surface area contributed by atoms with Gasteiger partial charge >= 0.3 is 0 Å². The number of hydrogen-bond donors (Lipinski definition) is 2. The highest BCUT2D eigenvalue weighted by Gasteiger charge is 2.38. The molecule has 0 aromatic rings. The van der Waals surface area contributed by atoms with Gasteiger partial charge in [-0.15, -0.1) is 0 Å². The Labute approximate surface area is 71.7 Å². The van der Waals surface area contributed by atoms with Crippen LogP contribution in [0.15, 0.2) is 0 Å². The van der Waals surface area contributed by atoms with Crippen LogP contribution in [0.4, 0.5) is 0 Å². The van der Waals surface area contributed by atoms with Crippen LogP contribution in [-0.4, -0.2) is 23.4 Å². The topological polar surface area (TPSA) is 58.2 Å². The molecule has 0 spiro atoms. The number of piperazine rings is 1. The average molecular weight is 170 g/mol. The maximum Gasteiger partial charge on any atom is 0.246 e. The minimum Gasteiger partial charge on any atom is -0.293 e. The summed E-state index contributed by atoms with van der Waals surface area (Å²) in [6.07, 6.45) is 0.697. The smallest absolute Gasteiger partial charge is 0.246 e. The Kier molecular flexibility index (Phi) is 2.19. The van der Waals surface area contributed by atoms with E-state index in [1.165, 1.54) is 0 Å². The normalized spacial score (nSPS) is 28.4. The molecule has 1 fully saturated rings. The molecule has 0 aromatic heterocycles. The highest BCUT2D eigenvalue weighted by atomic mass is 16.2. The highest BCUT2D eigenvalue weighted by Crippen LogP contribution is 2.10. The molecule has 1 heterocycles. The molecule has 1 aliphatic rings. The fourth-order valence-electron chi connectivity index (χ4n) is 1.21. The summed E-state index contributed by atoms with van der Waals surface area (Å²) in [6.45, 7) is 5.43. The Morgan fingerprint density at radius 2 is 2.00 bits per heavy atom. The molecular formula is C8H14N2O2. The van der Waals surface area contributed by atoms with Crippen molar-refractivity contribution in [3.05, 3.63) is 0 Å². The number of nitrogens with one attached hydrogen (secondary N) is 2. The van der Waals surface area contributed by atoms with Crippen LogP contribution < -0.4 is 10.6 Å². The van der Waals surface area contributed by atoms with Crippen molar-refractivity contribution in [3.63, 3.8) is 0 Å². The van der Waals surface area contributed by atoms with Crippen LogP contribution >= 0.6 is 0 Å². The Morgan fingerprint density at radius 1 is 1.42 bits per heavy atom. The Hall–Kier alpha value is -0.900. The first-order valence-electron chi connectivity index (χ1n) is 4.10. The molecule has 0 unspecified atom stereocenters. The van der Waals surface area contributed by atoms with E-state index in [-0.39, 0.29) is 17.9 Å². The summed E-state index contributed by atoms with van der Waals surface area (Å²) in [6, 6.07) is -0.238. The number of rotatable bonds is 1. The maximum absolute atomic E-state index is 11.2. The molecule has 1 atom stereocenters. The van der Waals surface area contributed by atoms with Crippen molar-refractivity contribution < 1.29 is 9.59 Å². The first-order chi connectivity index (χ1) is 5.47. The molecule has 1 rings (SSSR count). The van der Waals surface area contributed by atoms with E-state index < -0.39 is 5.54 Å². The lowest BCUT2D eigenvalue weighted by Crippen LogP contribution is -2.66. The molecule has 4 heteroatoms. The van der Waals surface area contributed by atoms with Crippen molar-refractivity contribution >= 4 is 11.8 Å². The van der Waals surface area contributed by atoms with Crippen molar-refractivity contribution in [1.29, 1.82) is 0 Å². The molecular weight excluding hydrogens is 156 g/mol. The first kappa shape index (κ1) is 9.19. The molecule has 0 aliphatic carbocycles. The van der Waals surface area contributed by atoms with Crippen molar-refractivity contribution in [1.82, 2.24) is 10.6 Å². The Morgan fingerprint density at radius 3 is 2.50 bits per heavy atom. The second kappa shape index (κ2) is 2.86. The molecule has 1 aliphatic heterocycles. The molecule has 2 amide bonds. The van der Waals surface area contributed by atoms with E-state index in [0.717, 1.165) is 0 Å². The summed E-state index contributed by atoms with van der Waals surface area (Å²) < 4.78 is 0. The zero-order valence-corrected chi connectivity index (χ0v) is 7.60. The molecule has 4 nitrogen and oxygen atoms in total. The molecule has 1 saturated heterocycles. The molecule has 0 radical (unpaired) electrons. The van der Waals surface area contributed by atoms with Gasteiger partial charge in [-0.3, -0.25) is 20.2 Å². The second-order valence-corrected chi connectivity index (χ2v) is 3.55. The summed E-state index contributed by atoms with van der Waals surface area (Å²) in [5.74, 6) is -0.473. The number of imide groups is 1. The average Bonchev–Trinajstić information content (AvgIpc) is 1.97. The summed E-state index contributed by atoms with van der Waals surface area (Å²) in [5.41, 5.74) is -0.630.